The molecule has 0 unspecified atom stereocenters. The molecule has 27 heavy (non-hydrogen) atoms. The maximum absolute atomic E-state index is 13.1. The third-order valence-corrected chi connectivity index (χ3v) is 7.77. The fraction of sp³-hybridized carbons (Fsp3) is 0.450. The molecule has 1 aliphatic rings. The van der Waals surface area contributed by atoms with E-state index in [0.717, 1.165) is 11.3 Å². The number of carbonyl (C=O) groups excluding carboxylic acids is 1. The topological polar surface area (TPSA) is 66.5 Å². The predicted octanol–water partition coefficient (Wildman–Crippen LogP) is 3.91. The Labute approximate surface area is 165 Å². The Hall–Kier alpha value is -1.70. The van der Waals surface area contributed by atoms with Crippen molar-refractivity contribution in [3.05, 3.63) is 52.2 Å². The van der Waals surface area contributed by atoms with E-state index in [4.69, 9.17) is 0 Å². The molecule has 3 atom stereocenters. The molecule has 1 amide bonds. The number of nitrogens with one attached hydrogen (secondary N) is 1. The Kier molecular flexibility index (Phi) is 6.03. The first-order valence-corrected chi connectivity index (χ1v) is 11.5. The first kappa shape index (κ1) is 20.0. The van der Waals surface area contributed by atoms with Crippen LogP contribution in [0.1, 0.15) is 48.5 Å². The summed E-state index contributed by atoms with van der Waals surface area (Å²) in [5.74, 6) is 0.400. The van der Waals surface area contributed by atoms with Crippen molar-refractivity contribution >= 4 is 27.3 Å². The van der Waals surface area contributed by atoms with Crippen molar-refractivity contribution in [2.45, 2.75) is 38.1 Å². The van der Waals surface area contributed by atoms with E-state index < -0.39 is 10.0 Å². The molecule has 0 bridgehead atoms. The molecule has 1 N–H and O–H groups in total. The summed E-state index contributed by atoms with van der Waals surface area (Å²) < 4.78 is 27.7. The fourth-order valence-corrected chi connectivity index (χ4v) is 6.10. The predicted molar refractivity (Wildman–Crippen MR) is 108 cm³/mol. The van der Waals surface area contributed by atoms with E-state index in [0.29, 0.717) is 30.5 Å². The van der Waals surface area contributed by atoms with Crippen LogP contribution < -0.4 is 5.32 Å². The lowest BCUT2D eigenvalue weighted by Gasteiger charge is -2.34. The standard InChI is InChI=1S/C20H26N2O3S2/c1-14-10-15(2)13-22(12-14)27(24,25)18-7-4-6-17(11-18)20(23)21-16(3)19-8-5-9-26-19/h4-9,11,14-16H,10,12-13H2,1-3H3,(H,21,23)/t14-,15-,16-/m1/s1. The lowest BCUT2D eigenvalue weighted by atomic mass is 9.94. The van der Waals surface area contributed by atoms with Crippen molar-refractivity contribution in [1.82, 2.24) is 9.62 Å². The number of piperidine rings is 1. The molecule has 0 radical (unpaired) electrons. The molecule has 1 aliphatic heterocycles. The van der Waals surface area contributed by atoms with Gasteiger partial charge in [0.2, 0.25) is 10.0 Å². The molecule has 146 valence electrons. The van der Waals surface area contributed by atoms with Gasteiger partial charge in [0, 0.05) is 23.5 Å². The molecule has 0 saturated carbocycles. The zero-order valence-electron chi connectivity index (χ0n) is 15.9. The smallest absolute Gasteiger partial charge is 0.251 e. The fourth-order valence-electron chi connectivity index (χ4n) is 3.64. The molecule has 1 fully saturated rings. The van der Waals surface area contributed by atoms with Gasteiger partial charge in [0.1, 0.15) is 0 Å². The van der Waals surface area contributed by atoms with Crippen LogP contribution >= 0.6 is 11.3 Å². The van der Waals surface area contributed by atoms with Crippen molar-refractivity contribution in [1.29, 1.82) is 0 Å². The first-order chi connectivity index (χ1) is 12.8. The molecule has 2 heterocycles. The van der Waals surface area contributed by atoms with Gasteiger partial charge in [-0.2, -0.15) is 4.31 Å². The van der Waals surface area contributed by atoms with Gasteiger partial charge in [0.15, 0.2) is 0 Å². The van der Waals surface area contributed by atoms with Crippen LogP contribution in [0.3, 0.4) is 0 Å². The van der Waals surface area contributed by atoms with Gasteiger partial charge in [-0.25, -0.2) is 8.42 Å². The summed E-state index contributed by atoms with van der Waals surface area (Å²) in [4.78, 5) is 13.8. The lowest BCUT2D eigenvalue weighted by molar-refractivity contribution is 0.0940. The Morgan fingerprint density at radius 2 is 1.89 bits per heavy atom. The third kappa shape index (κ3) is 4.59. The van der Waals surface area contributed by atoms with Gasteiger partial charge in [-0.1, -0.05) is 26.0 Å². The highest BCUT2D eigenvalue weighted by Crippen LogP contribution is 2.27. The van der Waals surface area contributed by atoms with E-state index in [1.165, 1.54) is 6.07 Å². The average Bonchev–Trinajstić information content (AvgIpc) is 3.16. The summed E-state index contributed by atoms with van der Waals surface area (Å²) in [5.41, 5.74) is 0.359. The van der Waals surface area contributed by atoms with Crippen molar-refractivity contribution in [3.8, 4) is 0 Å². The number of amides is 1. The Bertz CT molecular complexity index is 884. The van der Waals surface area contributed by atoms with Crippen LogP contribution in [0.15, 0.2) is 46.7 Å². The number of nitrogens with zero attached hydrogens (tertiary/aromatic N) is 1. The van der Waals surface area contributed by atoms with Crippen LogP contribution in [0.5, 0.6) is 0 Å². The van der Waals surface area contributed by atoms with Crippen LogP contribution in [0.4, 0.5) is 0 Å². The summed E-state index contributed by atoms with van der Waals surface area (Å²) in [6.07, 6.45) is 1.04. The molecule has 0 aliphatic carbocycles. The van der Waals surface area contributed by atoms with Gasteiger partial charge in [0.05, 0.1) is 10.9 Å². The van der Waals surface area contributed by atoms with Gasteiger partial charge < -0.3 is 5.32 Å². The number of benzene rings is 1. The number of carbonyl (C=O) groups is 1. The Morgan fingerprint density at radius 1 is 1.19 bits per heavy atom. The van der Waals surface area contributed by atoms with E-state index >= 15 is 0 Å². The normalized spacial score (nSPS) is 22.3. The second-order valence-corrected chi connectivity index (χ2v) is 10.4. The number of hydrogen-bond donors (Lipinski definition) is 1. The third-order valence-electron chi connectivity index (χ3n) is 4.89. The second-order valence-electron chi connectivity index (χ2n) is 7.51. The van der Waals surface area contributed by atoms with Crippen LogP contribution in [-0.2, 0) is 10.0 Å². The highest BCUT2D eigenvalue weighted by atomic mass is 32.2. The Morgan fingerprint density at radius 3 is 2.52 bits per heavy atom. The van der Waals surface area contributed by atoms with Crippen molar-refractivity contribution in [2.24, 2.45) is 11.8 Å². The van der Waals surface area contributed by atoms with Crippen LogP contribution in [-0.4, -0.2) is 31.7 Å². The zero-order valence-corrected chi connectivity index (χ0v) is 17.5. The largest absolute Gasteiger partial charge is 0.345 e. The Balaban J connectivity index is 1.79. The molecule has 3 rings (SSSR count). The molecule has 1 aromatic carbocycles. The maximum atomic E-state index is 13.1. The van der Waals surface area contributed by atoms with E-state index in [2.05, 4.69) is 19.2 Å². The minimum Gasteiger partial charge on any atom is -0.345 e. The second kappa shape index (κ2) is 8.12. The number of hydrogen-bond acceptors (Lipinski definition) is 4. The van der Waals surface area contributed by atoms with Crippen LogP contribution in [0, 0.1) is 11.8 Å². The van der Waals surface area contributed by atoms with Gasteiger partial charge in [0.25, 0.3) is 5.91 Å². The number of rotatable bonds is 5. The molecule has 5 nitrogen and oxygen atoms in total. The maximum Gasteiger partial charge on any atom is 0.251 e. The minimum absolute atomic E-state index is 0.124. The van der Waals surface area contributed by atoms with Crippen molar-refractivity contribution in [2.75, 3.05) is 13.1 Å². The highest BCUT2D eigenvalue weighted by molar-refractivity contribution is 7.89. The monoisotopic (exact) mass is 406 g/mol. The van der Waals surface area contributed by atoms with E-state index in [9.17, 15) is 13.2 Å². The lowest BCUT2D eigenvalue weighted by Crippen LogP contribution is -2.42. The number of thiophene rings is 1. The molecule has 1 aromatic heterocycles. The summed E-state index contributed by atoms with van der Waals surface area (Å²) in [7, 11) is -3.60. The SMILES string of the molecule is C[C@@H]1C[C@@H](C)CN(S(=O)(=O)c2cccc(C(=O)N[C@H](C)c3cccs3)c2)C1. The number of sulfonamides is 1. The molecule has 2 aromatic rings. The quantitative estimate of drug-likeness (QED) is 0.819. The zero-order chi connectivity index (χ0) is 19.6. The molecule has 7 heteroatoms. The summed E-state index contributed by atoms with van der Waals surface area (Å²) in [5, 5.41) is 4.90. The first-order valence-electron chi connectivity index (χ1n) is 9.22. The van der Waals surface area contributed by atoms with E-state index in [1.807, 2.05) is 24.4 Å². The van der Waals surface area contributed by atoms with E-state index in [1.54, 1.807) is 33.8 Å². The van der Waals surface area contributed by atoms with Crippen molar-refractivity contribution < 1.29 is 13.2 Å². The van der Waals surface area contributed by atoms with Gasteiger partial charge in [-0.15, -0.1) is 11.3 Å². The summed E-state index contributed by atoms with van der Waals surface area (Å²) in [6, 6.07) is 10.1. The van der Waals surface area contributed by atoms with E-state index in [-0.39, 0.29) is 16.8 Å². The summed E-state index contributed by atoms with van der Waals surface area (Å²) >= 11 is 1.58. The molecular formula is C20H26N2O3S2. The minimum atomic E-state index is -3.60. The highest BCUT2D eigenvalue weighted by Gasteiger charge is 2.32. The molecule has 0 spiro atoms. The van der Waals surface area contributed by atoms with Gasteiger partial charge >= 0.3 is 0 Å². The molecular weight excluding hydrogens is 380 g/mol. The average molecular weight is 407 g/mol. The van der Waals surface area contributed by atoms with Gasteiger partial charge in [-0.3, -0.25) is 4.79 Å². The van der Waals surface area contributed by atoms with Crippen LogP contribution in [0.25, 0.3) is 0 Å². The van der Waals surface area contributed by atoms with Gasteiger partial charge in [-0.05, 0) is 54.8 Å². The van der Waals surface area contributed by atoms with Crippen molar-refractivity contribution in [3.63, 3.8) is 0 Å². The van der Waals surface area contributed by atoms with Crippen LogP contribution in [0.2, 0.25) is 0 Å². The molecule has 1 saturated heterocycles. The summed E-state index contributed by atoms with van der Waals surface area (Å²) in [6.45, 7) is 7.12.